The van der Waals surface area contributed by atoms with E-state index in [9.17, 15) is 10.1 Å². The summed E-state index contributed by atoms with van der Waals surface area (Å²) in [6, 6.07) is 13.0. The van der Waals surface area contributed by atoms with Crippen LogP contribution in [0.5, 0.6) is 0 Å². The molecule has 5 atom stereocenters. The number of allylic oxidation sites excluding steroid dienone is 1. The fourth-order valence-corrected chi connectivity index (χ4v) is 5.47. The molecule has 3 heterocycles. The van der Waals surface area contributed by atoms with E-state index in [0.717, 1.165) is 15.8 Å². The molecule has 3 aromatic rings. The summed E-state index contributed by atoms with van der Waals surface area (Å²) >= 11 is 0. The highest BCUT2D eigenvalue weighted by Crippen LogP contribution is 2.57. The van der Waals surface area contributed by atoms with Crippen LogP contribution in [-0.4, -0.2) is 43.2 Å². The van der Waals surface area contributed by atoms with E-state index in [2.05, 4.69) is 26.6 Å². The van der Waals surface area contributed by atoms with Gasteiger partial charge in [0, 0.05) is 35.6 Å². The van der Waals surface area contributed by atoms with E-state index in [0.29, 0.717) is 11.3 Å². The second-order valence-corrected chi connectivity index (χ2v) is 9.11. The molecular formula is C25H22F2N6O2. The summed E-state index contributed by atoms with van der Waals surface area (Å²) in [5.74, 6) is -6.24. The number of benzene rings is 1. The number of hydrogen-bond acceptors (Lipinski definition) is 7. The van der Waals surface area contributed by atoms with Crippen LogP contribution in [0.3, 0.4) is 0 Å². The lowest BCUT2D eigenvalue weighted by molar-refractivity contribution is -0.169. The Bertz CT molecular complexity index is 1320. The average molecular weight is 476 g/mol. The van der Waals surface area contributed by atoms with Crippen molar-refractivity contribution in [2.45, 2.75) is 37.8 Å². The number of carbonyl (C=O) groups is 1. The fraction of sp³-hybridized carbons (Fsp3) is 0.360. The van der Waals surface area contributed by atoms with Gasteiger partial charge in [-0.25, -0.2) is 18.3 Å². The normalized spacial score (nSPS) is 29.5. The first-order valence-electron chi connectivity index (χ1n) is 11.2. The van der Waals surface area contributed by atoms with E-state index in [4.69, 9.17) is 4.74 Å². The van der Waals surface area contributed by atoms with E-state index in [-0.39, 0.29) is 0 Å². The van der Waals surface area contributed by atoms with Gasteiger partial charge in [-0.15, -0.1) is 5.10 Å². The summed E-state index contributed by atoms with van der Waals surface area (Å²) in [6.45, 7) is 3.20. The minimum Gasteiger partial charge on any atom is -0.460 e. The molecule has 1 aromatic carbocycles. The number of nitrogens with zero attached hydrogens (tertiary/aromatic N) is 6. The van der Waals surface area contributed by atoms with Crippen LogP contribution in [0.4, 0.5) is 8.78 Å². The number of carbonyl (C=O) groups excluding carboxylic acids is 1. The van der Waals surface area contributed by atoms with Gasteiger partial charge in [0.05, 0.1) is 17.3 Å². The van der Waals surface area contributed by atoms with Gasteiger partial charge in [-0.1, -0.05) is 37.3 Å². The molecule has 10 heteroatoms. The highest BCUT2D eigenvalue weighted by Gasteiger charge is 2.69. The van der Waals surface area contributed by atoms with E-state index in [1.54, 1.807) is 43.5 Å². The van der Waals surface area contributed by atoms with Gasteiger partial charge >= 0.3 is 5.97 Å². The smallest absolute Gasteiger partial charge is 0.335 e. The largest absolute Gasteiger partial charge is 0.460 e. The van der Waals surface area contributed by atoms with Gasteiger partial charge in [-0.3, -0.25) is 4.98 Å². The molecule has 2 fully saturated rings. The minimum absolute atomic E-state index is 0.537. The molecule has 0 unspecified atom stereocenters. The van der Waals surface area contributed by atoms with Crippen LogP contribution in [-0.2, 0) is 15.1 Å². The molecule has 1 saturated heterocycles. The maximum atomic E-state index is 15.3. The SMILES string of the molecule is C[C@H]1OC(=O)[C@]2(n3cnnn3)CC(F)(F)[C@@H](C)[C@H](/C=C/c3ccc(-c4ccccc4C#N)cn3)[C@H]12. The van der Waals surface area contributed by atoms with Crippen molar-refractivity contribution in [3.63, 3.8) is 0 Å². The third kappa shape index (κ3) is 3.58. The Balaban J connectivity index is 1.50. The zero-order valence-electron chi connectivity index (χ0n) is 19.0. The Kier molecular flexibility index (Phi) is 5.43. The van der Waals surface area contributed by atoms with Crippen molar-refractivity contribution in [3.8, 4) is 17.2 Å². The number of rotatable bonds is 4. The maximum absolute atomic E-state index is 15.3. The van der Waals surface area contributed by atoms with Gasteiger partial charge in [0.15, 0.2) is 5.54 Å². The molecule has 0 radical (unpaired) electrons. The van der Waals surface area contributed by atoms with Gasteiger partial charge in [0.25, 0.3) is 5.92 Å². The molecule has 1 saturated carbocycles. The molecule has 0 amide bonds. The van der Waals surface area contributed by atoms with Crippen LogP contribution in [0.1, 0.15) is 31.5 Å². The van der Waals surface area contributed by atoms with Crippen molar-refractivity contribution in [1.82, 2.24) is 25.2 Å². The molecule has 178 valence electrons. The summed E-state index contributed by atoms with van der Waals surface area (Å²) in [6.07, 6.45) is 4.88. The Labute approximate surface area is 200 Å². The van der Waals surface area contributed by atoms with Gasteiger partial charge in [-0.2, -0.15) is 5.26 Å². The Hall–Kier alpha value is -4.00. The number of halogens is 2. The predicted molar refractivity (Wildman–Crippen MR) is 120 cm³/mol. The summed E-state index contributed by atoms with van der Waals surface area (Å²) in [7, 11) is 0. The maximum Gasteiger partial charge on any atom is 0.335 e. The zero-order valence-corrected chi connectivity index (χ0v) is 19.0. The molecule has 2 aromatic heterocycles. The number of aromatic nitrogens is 5. The second-order valence-electron chi connectivity index (χ2n) is 9.11. The topological polar surface area (TPSA) is 107 Å². The first kappa shape index (κ1) is 22.8. The Morgan fingerprint density at radius 1 is 1.23 bits per heavy atom. The van der Waals surface area contributed by atoms with Gasteiger partial charge in [0.1, 0.15) is 12.4 Å². The van der Waals surface area contributed by atoms with E-state index in [1.807, 2.05) is 18.2 Å². The minimum atomic E-state index is -3.15. The van der Waals surface area contributed by atoms with E-state index >= 15 is 8.78 Å². The summed E-state index contributed by atoms with van der Waals surface area (Å²) in [4.78, 5) is 17.4. The highest BCUT2D eigenvalue weighted by molar-refractivity contribution is 5.82. The molecule has 1 aliphatic heterocycles. The first-order valence-corrected chi connectivity index (χ1v) is 11.2. The molecule has 0 bridgehead atoms. The fourth-order valence-electron chi connectivity index (χ4n) is 5.47. The molecule has 0 spiro atoms. The number of alkyl halides is 2. The molecule has 1 aliphatic carbocycles. The summed E-state index contributed by atoms with van der Waals surface area (Å²) < 4.78 is 37.2. The lowest BCUT2D eigenvalue weighted by atomic mass is 9.60. The Morgan fingerprint density at radius 3 is 2.71 bits per heavy atom. The summed E-state index contributed by atoms with van der Waals surface area (Å²) in [5, 5.41) is 20.3. The van der Waals surface area contributed by atoms with Crippen LogP contribution in [0.25, 0.3) is 17.2 Å². The van der Waals surface area contributed by atoms with Crippen molar-refractivity contribution in [2.24, 2.45) is 17.8 Å². The monoisotopic (exact) mass is 476 g/mol. The standard InChI is InChI=1S/C25H22F2N6O2/c1-15-20(10-9-19-8-7-18(12-29-19)21-6-4-3-5-17(21)11-28)22-16(2)35-23(34)24(22,13-25(15,26)27)33-14-30-31-32-33/h3-10,12,14-16,20,22H,13H2,1-2H3/b10-9+/t15-,16+,20-,22-,24-/m0/s1. The number of ether oxygens (including phenoxy) is 1. The molecule has 35 heavy (non-hydrogen) atoms. The van der Waals surface area contributed by atoms with Crippen LogP contribution in [0.15, 0.2) is 55.0 Å². The quantitative estimate of drug-likeness (QED) is 0.526. The number of hydrogen-bond donors (Lipinski definition) is 0. The molecule has 2 aliphatic rings. The molecule has 0 N–H and O–H groups in total. The van der Waals surface area contributed by atoms with Crippen LogP contribution in [0.2, 0.25) is 0 Å². The van der Waals surface area contributed by atoms with Crippen LogP contribution < -0.4 is 0 Å². The third-order valence-electron chi connectivity index (χ3n) is 7.26. The number of nitriles is 1. The van der Waals surface area contributed by atoms with Crippen molar-refractivity contribution >= 4 is 12.0 Å². The number of esters is 1. The number of tetrazole rings is 1. The predicted octanol–water partition coefficient (Wildman–Crippen LogP) is 3.87. The van der Waals surface area contributed by atoms with Crippen molar-refractivity contribution in [2.75, 3.05) is 0 Å². The van der Waals surface area contributed by atoms with Crippen molar-refractivity contribution < 1.29 is 18.3 Å². The van der Waals surface area contributed by atoms with Gasteiger partial charge < -0.3 is 4.74 Å². The third-order valence-corrected chi connectivity index (χ3v) is 7.26. The highest BCUT2D eigenvalue weighted by atomic mass is 19.3. The number of pyridine rings is 1. The van der Waals surface area contributed by atoms with E-state index in [1.165, 1.54) is 13.3 Å². The summed E-state index contributed by atoms with van der Waals surface area (Å²) in [5.41, 5.74) is 0.953. The lowest BCUT2D eigenvalue weighted by Crippen LogP contribution is -2.59. The Morgan fingerprint density at radius 2 is 2.03 bits per heavy atom. The second kappa shape index (κ2) is 8.34. The molecule has 8 nitrogen and oxygen atoms in total. The van der Waals surface area contributed by atoms with Gasteiger partial charge in [-0.05, 0) is 41.5 Å². The zero-order chi connectivity index (χ0) is 24.8. The van der Waals surface area contributed by atoms with E-state index < -0.39 is 47.7 Å². The van der Waals surface area contributed by atoms with Crippen molar-refractivity contribution in [1.29, 1.82) is 5.26 Å². The van der Waals surface area contributed by atoms with Crippen LogP contribution in [0, 0.1) is 29.1 Å². The van der Waals surface area contributed by atoms with Gasteiger partial charge in [0.2, 0.25) is 0 Å². The van der Waals surface area contributed by atoms with Crippen LogP contribution >= 0.6 is 0 Å². The van der Waals surface area contributed by atoms with Crippen molar-refractivity contribution in [3.05, 3.63) is 66.3 Å². The lowest BCUT2D eigenvalue weighted by Gasteiger charge is -2.47. The number of fused-ring (bicyclic) bond motifs is 1. The average Bonchev–Trinajstić information content (AvgIpc) is 3.47. The number of cyclic esters (lactones) is 1. The molecule has 5 rings (SSSR count). The molecular weight excluding hydrogens is 454 g/mol. The first-order chi connectivity index (χ1) is 16.8.